The van der Waals surface area contributed by atoms with Gasteiger partial charge in [-0.25, -0.2) is 8.78 Å². The number of fused-ring (bicyclic) bond motifs is 3. The van der Waals surface area contributed by atoms with Crippen LogP contribution in [0.1, 0.15) is 28.4 Å². The minimum atomic E-state index is -0.965. The minimum absolute atomic E-state index is 0.122. The van der Waals surface area contributed by atoms with E-state index in [2.05, 4.69) is 4.99 Å². The second-order valence-electron chi connectivity index (χ2n) is 5.57. The summed E-state index contributed by atoms with van der Waals surface area (Å²) in [7, 11) is 0. The molecule has 2 aromatic rings. The lowest BCUT2D eigenvalue weighted by atomic mass is 9.74. The number of benzene rings is 2. The topological polar surface area (TPSA) is 29.4 Å². The Hall–Kier alpha value is -2.36. The van der Waals surface area contributed by atoms with E-state index in [1.165, 1.54) is 30.3 Å². The summed E-state index contributed by atoms with van der Waals surface area (Å²) in [4.78, 5) is 17.3. The summed E-state index contributed by atoms with van der Waals surface area (Å²) in [6.07, 6.45) is 0.338. The first-order chi connectivity index (χ1) is 10.0. The monoisotopic (exact) mass is 283 g/mol. The second-order valence-corrected chi connectivity index (χ2v) is 5.57. The molecule has 0 saturated carbocycles. The van der Waals surface area contributed by atoms with E-state index in [9.17, 15) is 13.6 Å². The molecule has 1 atom stereocenters. The van der Waals surface area contributed by atoms with Crippen LogP contribution >= 0.6 is 0 Å². The quantitative estimate of drug-likeness (QED) is 0.724. The minimum Gasteiger partial charge on any atom is -0.293 e. The van der Waals surface area contributed by atoms with Crippen molar-refractivity contribution in [2.75, 3.05) is 0 Å². The first-order valence-corrected chi connectivity index (χ1v) is 6.71. The van der Waals surface area contributed by atoms with E-state index in [0.717, 1.165) is 0 Å². The maximum Gasteiger partial charge on any atom is 0.179 e. The van der Waals surface area contributed by atoms with Crippen molar-refractivity contribution in [2.45, 2.75) is 18.8 Å². The molecule has 1 aliphatic carbocycles. The number of carbonyl (C=O) groups is 1. The van der Waals surface area contributed by atoms with Gasteiger partial charge in [0.05, 0.1) is 5.69 Å². The summed E-state index contributed by atoms with van der Waals surface area (Å²) in [6, 6.07) is 8.46. The van der Waals surface area contributed by atoms with Crippen molar-refractivity contribution in [1.29, 1.82) is 0 Å². The molecular weight excluding hydrogens is 272 g/mol. The molecule has 0 fully saturated rings. The fraction of sp³-hybridized carbons (Fsp3) is 0.176. The van der Waals surface area contributed by atoms with Crippen molar-refractivity contribution in [3.05, 3.63) is 64.7 Å². The highest BCUT2D eigenvalue weighted by Gasteiger charge is 2.52. The Labute approximate surface area is 120 Å². The Morgan fingerprint density at radius 1 is 1.10 bits per heavy atom. The average Bonchev–Trinajstić information content (AvgIpc) is 2.88. The summed E-state index contributed by atoms with van der Waals surface area (Å²) in [5, 5.41) is 0. The number of rotatable bonds is 0. The highest BCUT2D eigenvalue weighted by molar-refractivity contribution is 6.26. The summed E-state index contributed by atoms with van der Waals surface area (Å²) in [5.74, 6) is -0.887. The summed E-state index contributed by atoms with van der Waals surface area (Å²) in [6.45, 7) is 1.78. The van der Waals surface area contributed by atoms with E-state index >= 15 is 0 Å². The number of hydrogen-bond acceptors (Lipinski definition) is 2. The van der Waals surface area contributed by atoms with E-state index in [1.54, 1.807) is 13.0 Å². The number of aliphatic imine (C=N–C) groups is 1. The van der Waals surface area contributed by atoms with Crippen LogP contribution in [0.3, 0.4) is 0 Å². The molecular formula is C17H11F2NO. The van der Waals surface area contributed by atoms with Gasteiger partial charge in [-0.15, -0.1) is 0 Å². The number of carbonyl (C=O) groups excluding carboxylic acids is 1. The molecule has 0 N–H and O–H groups in total. The fourth-order valence-corrected chi connectivity index (χ4v) is 3.45. The van der Waals surface area contributed by atoms with Crippen molar-refractivity contribution >= 4 is 17.2 Å². The lowest BCUT2D eigenvalue weighted by Gasteiger charge is -2.23. The predicted molar refractivity (Wildman–Crippen MR) is 75.3 cm³/mol. The average molecular weight is 283 g/mol. The van der Waals surface area contributed by atoms with Gasteiger partial charge in [-0.1, -0.05) is 0 Å². The molecule has 1 spiro atoms. The first-order valence-electron chi connectivity index (χ1n) is 6.71. The third-order valence-corrected chi connectivity index (χ3v) is 4.48. The van der Waals surface area contributed by atoms with Crippen LogP contribution < -0.4 is 0 Å². The summed E-state index contributed by atoms with van der Waals surface area (Å²) >= 11 is 0. The fourth-order valence-electron chi connectivity index (χ4n) is 3.45. The van der Waals surface area contributed by atoms with Gasteiger partial charge in [0.15, 0.2) is 5.78 Å². The van der Waals surface area contributed by atoms with Crippen LogP contribution in [0.5, 0.6) is 0 Å². The zero-order valence-corrected chi connectivity index (χ0v) is 11.3. The SMILES string of the molecule is CC1=Nc2ccc(F)cc2C12Cc1cc(F)ccc1C2=O. The molecule has 4 rings (SSSR count). The number of hydrogen-bond donors (Lipinski definition) is 0. The van der Waals surface area contributed by atoms with Crippen molar-refractivity contribution in [1.82, 2.24) is 0 Å². The molecule has 1 aliphatic heterocycles. The molecule has 0 radical (unpaired) electrons. The van der Waals surface area contributed by atoms with Gasteiger partial charge < -0.3 is 0 Å². The van der Waals surface area contributed by atoms with E-state index < -0.39 is 11.2 Å². The van der Waals surface area contributed by atoms with Gasteiger partial charge in [0, 0.05) is 16.8 Å². The van der Waals surface area contributed by atoms with Crippen molar-refractivity contribution in [3.63, 3.8) is 0 Å². The highest BCUT2D eigenvalue weighted by atomic mass is 19.1. The molecule has 4 heteroatoms. The van der Waals surface area contributed by atoms with E-state index in [0.29, 0.717) is 34.5 Å². The smallest absolute Gasteiger partial charge is 0.179 e. The molecule has 0 amide bonds. The van der Waals surface area contributed by atoms with Crippen LogP contribution in [0, 0.1) is 11.6 Å². The third-order valence-electron chi connectivity index (χ3n) is 4.48. The van der Waals surface area contributed by atoms with Crippen LogP contribution in [-0.4, -0.2) is 11.5 Å². The molecule has 0 aromatic heterocycles. The zero-order valence-electron chi connectivity index (χ0n) is 11.3. The molecule has 21 heavy (non-hydrogen) atoms. The maximum atomic E-state index is 13.6. The van der Waals surface area contributed by atoms with E-state index in [4.69, 9.17) is 0 Å². The number of Topliss-reactive ketones (excluding diaryl/α,β-unsaturated/α-hetero) is 1. The van der Waals surface area contributed by atoms with E-state index in [1.807, 2.05) is 0 Å². The number of halogens is 2. The maximum absolute atomic E-state index is 13.6. The Balaban J connectivity index is 1.97. The molecule has 2 aliphatic rings. The molecule has 0 bridgehead atoms. The van der Waals surface area contributed by atoms with Gasteiger partial charge in [0.25, 0.3) is 0 Å². The van der Waals surface area contributed by atoms with Crippen LogP contribution in [0.15, 0.2) is 41.4 Å². The zero-order chi connectivity index (χ0) is 14.8. The summed E-state index contributed by atoms with van der Waals surface area (Å²) < 4.78 is 27.0. The Morgan fingerprint density at radius 2 is 1.81 bits per heavy atom. The third kappa shape index (κ3) is 1.45. The molecule has 0 saturated heterocycles. The molecule has 104 valence electrons. The largest absolute Gasteiger partial charge is 0.293 e. The Bertz CT molecular complexity index is 841. The molecule has 2 nitrogen and oxygen atoms in total. The van der Waals surface area contributed by atoms with Crippen molar-refractivity contribution in [3.8, 4) is 0 Å². The second kappa shape index (κ2) is 3.85. The first kappa shape index (κ1) is 12.4. The standard InChI is InChI=1S/C17H11F2NO/c1-9-17(14-7-12(19)3-5-15(14)20-9)8-10-6-11(18)2-4-13(10)16(17)21/h2-7H,8H2,1H3. The molecule has 1 heterocycles. The lowest BCUT2D eigenvalue weighted by Crippen LogP contribution is -2.38. The number of ketones is 1. The van der Waals surface area contributed by atoms with Gasteiger partial charge in [0.1, 0.15) is 17.0 Å². The normalized spacial score (nSPS) is 22.4. The van der Waals surface area contributed by atoms with Gasteiger partial charge in [-0.05, 0) is 55.3 Å². The summed E-state index contributed by atoms with van der Waals surface area (Å²) in [5.41, 5.74) is 2.05. The van der Waals surface area contributed by atoms with E-state index in [-0.39, 0.29) is 11.6 Å². The lowest BCUT2D eigenvalue weighted by molar-refractivity contribution is 0.0946. The van der Waals surface area contributed by atoms with Gasteiger partial charge in [-0.3, -0.25) is 9.79 Å². The van der Waals surface area contributed by atoms with Crippen LogP contribution in [-0.2, 0) is 11.8 Å². The van der Waals surface area contributed by atoms with Crippen LogP contribution in [0.4, 0.5) is 14.5 Å². The Kier molecular flexibility index (Phi) is 2.27. The number of nitrogens with zero attached hydrogens (tertiary/aromatic N) is 1. The van der Waals surface area contributed by atoms with Crippen LogP contribution in [0.25, 0.3) is 0 Å². The van der Waals surface area contributed by atoms with Gasteiger partial charge in [-0.2, -0.15) is 0 Å². The Morgan fingerprint density at radius 3 is 2.62 bits per heavy atom. The highest BCUT2D eigenvalue weighted by Crippen LogP contribution is 2.48. The molecule has 1 unspecified atom stereocenters. The van der Waals surface area contributed by atoms with Crippen molar-refractivity contribution in [2.24, 2.45) is 4.99 Å². The predicted octanol–water partition coefficient (Wildman–Crippen LogP) is 3.75. The van der Waals surface area contributed by atoms with Gasteiger partial charge >= 0.3 is 0 Å². The van der Waals surface area contributed by atoms with Crippen LogP contribution in [0.2, 0.25) is 0 Å². The van der Waals surface area contributed by atoms with Gasteiger partial charge in [0.2, 0.25) is 0 Å². The molecule has 2 aromatic carbocycles. The van der Waals surface area contributed by atoms with Crippen molar-refractivity contribution < 1.29 is 13.6 Å².